The van der Waals surface area contributed by atoms with Crippen molar-refractivity contribution in [3.63, 3.8) is 0 Å². The van der Waals surface area contributed by atoms with Gasteiger partial charge in [-0.3, -0.25) is 9.97 Å². The number of benzene rings is 7. The monoisotopic (exact) mass is 987 g/mol. The van der Waals surface area contributed by atoms with E-state index in [4.69, 9.17) is 19.1 Å². The molecule has 11 rings (SSSR count). The van der Waals surface area contributed by atoms with Crippen LogP contribution in [0.4, 0.5) is 0 Å². The summed E-state index contributed by atoms with van der Waals surface area (Å²) in [4.78, 5) is 10.6. The molecule has 0 N–H and O–H groups in total. The molecule has 0 aliphatic carbocycles. The molecule has 306 valence electrons. The maximum absolute atomic E-state index is 6.77. The summed E-state index contributed by atoms with van der Waals surface area (Å²) in [5, 5.41) is 4.19. The summed E-state index contributed by atoms with van der Waals surface area (Å²) in [5.74, 6) is 2.50. The van der Waals surface area contributed by atoms with Gasteiger partial charge in [-0.15, -0.1) is 29.3 Å². The minimum absolute atomic E-state index is 0. The van der Waals surface area contributed by atoms with Crippen molar-refractivity contribution in [2.45, 2.75) is 60.3 Å². The third kappa shape index (κ3) is 6.34. The normalized spacial score (nSPS) is 12.0. The van der Waals surface area contributed by atoms with Crippen LogP contribution < -0.4 is 4.74 Å². The molecular formula is C55H44N4O2Pt. The number of ether oxygens (including phenoxy) is 1. The van der Waals surface area contributed by atoms with E-state index < -0.39 is 0 Å². The fraction of sp³-hybridized carbons (Fsp3) is 0.164. The molecule has 0 aliphatic heterocycles. The number of aromatic nitrogens is 4. The van der Waals surface area contributed by atoms with Gasteiger partial charge in [0.1, 0.15) is 5.58 Å². The maximum Gasteiger partial charge on any atom is 2.00 e. The number of hydrogen-bond donors (Lipinski definition) is 0. The van der Waals surface area contributed by atoms with E-state index in [0.29, 0.717) is 11.5 Å². The molecule has 0 fully saturated rings. The van der Waals surface area contributed by atoms with E-state index in [0.717, 1.165) is 77.3 Å². The molecule has 0 atom stereocenters. The summed E-state index contributed by atoms with van der Waals surface area (Å²) < 4.78 is 17.2. The molecule has 7 heteroatoms. The predicted octanol–water partition coefficient (Wildman–Crippen LogP) is 14.8. The Kier molecular flexibility index (Phi) is 9.68. The van der Waals surface area contributed by atoms with Gasteiger partial charge in [0.2, 0.25) is 0 Å². The standard InChI is InChI=1S/C55H44N4O2.Pt/c1-31(2)42-26-39(36-14-9-8-10-15-36)27-43(32(3)4)53(42)59-48-19-12-11-18-46(48)56-54(59)38-16-13-17-40(25-38)61-41-22-35(7)52-44-23-33(5)34(6)24-49(44)58-50-30-51-37(20-21-60-51)28-47(50)57-55(58)45(52)29-41;/h8-24,26-28,30-32H,1-7H3;/q-2;+2. The summed E-state index contributed by atoms with van der Waals surface area (Å²) in [6, 6.07) is 50.0. The van der Waals surface area contributed by atoms with Gasteiger partial charge in [-0.2, -0.15) is 0 Å². The average molecular weight is 988 g/mol. The molecule has 4 aromatic heterocycles. The quantitative estimate of drug-likeness (QED) is 0.118. The number of aryl methyl sites for hydroxylation is 3. The van der Waals surface area contributed by atoms with Crippen LogP contribution in [0.2, 0.25) is 0 Å². The van der Waals surface area contributed by atoms with Gasteiger partial charge < -0.3 is 18.1 Å². The fourth-order valence-electron chi connectivity index (χ4n) is 9.19. The van der Waals surface area contributed by atoms with Crippen molar-refractivity contribution in [2.24, 2.45) is 0 Å². The Balaban J connectivity index is 0.00000458. The summed E-state index contributed by atoms with van der Waals surface area (Å²) in [7, 11) is 0. The van der Waals surface area contributed by atoms with E-state index in [1.54, 1.807) is 6.26 Å². The molecule has 6 nitrogen and oxygen atoms in total. The zero-order valence-electron chi connectivity index (χ0n) is 35.7. The van der Waals surface area contributed by atoms with Crippen LogP contribution in [-0.2, 0) is 21.1 Å². The molecule has 0 aliphatic rings. The van der Waals surface area contributed by atoms with Crippen LogP contribution in [0.1, 0.15) is 67.3 Å². The Morgan fingerprint density at radius 1 is 0.613 bits per heavy atom. The molecule has 0 amide bonds. The minimum Gasteiger partial charge on any atom is -0.497 e. The topological polar surface area (TPSA) is 57.5 Å². The first-order chi connectivity index (χ1) is 29.6. The molecule has 0 unspecified atom stereocenters. The van der Waals surface area contributed by atoms with Gasteiger partial charge >= 0.3 is 21.1 Å². The van der Waals surface area contributed by atoms with Crippen molar-refractivity contribution >= 4 is 60.4 Å². The van der Waals surface area contributed by atoms with Crippen molar-refractivity contribution in [1.82, 2.24) is 18.9 Å². The van der Waals surface area contributed by atoms with Crippen molar-refractivity contribution < 1.29 is 30.2 Å². The second-order valence-corrected chi connectivity index (χ2v) is 17.1. The summed E-state index contributed by atoms with van der Waals surface area (Å²) in [5.41, 5.74) is 17.2. The Morgan fingerprint density at radius 3 is 2.13 bits per heavy atom. The van der Waals surface area contributed by atoms with Gasteiger partial charge in [-0.25, -0.2) is 0 Å². The first-order valence-corrected chi connectivity index (χ1v) is 21.1. The Labute approximate surface area is 375 Å². The molecule has 11 aromatic rings. The van der Waals surface area contributed by atoms with Crippen LogP contribution in [0.5, 0.6) is 11.5 Å². The number of imidazole rings is 2. The van der Waals surface area contributed by atoms with Crippen LogP contribution in [0, 0.1) is 32.9 Å². The second kappa shape index (κ2) is 15.1. The van der Waals surface area contributed by atoms with Gasteiger partial charge in [-0.1, -0.05) is 112 Å². The third-order valence-corrected chi connectivity index (χ3v) is 12.3. The Bertz CT molecular complexity index is 3530. The van der Waals surface area contributed by atoms with Gasteiger partial charge in [0.25, 0.3) is 0 Å². The molecule has 4 heterocycles. The number of nitrogens with zero attached hydrogens (tertiary/aromatic N) is 4. The molecule has 62 heavy (non-hydrogen) atoms. The zero-order chi connectivity index (χ0) is 41.7. The van der Waals surface area contributed by atoms with Gasteiger partial charge in [0.05, 0.1) is 39.8 Å². The summed E-state index contributed by atoms with van der Waals surface area (Å²) >= 11 is 0. The van der Waals surface area contributed by atoms with E-state index >= 15 is 0 Å². The summed E-state index contributed by atoms with van der Waals surface area (Å²) in [6.07, 6.45) is 1.73. The van der Waals surface area contributed by atoms with E-state index in [9.17, 15) is 0 Å². The molecule has 0 bridgehead atoms. The smallest absolute Gasteiger partial charge is 0.497 e. The average Bonchev–Trinajstić information content (AvgIpc) is 3.99. The maximum atomic E-state index is 6.77. The largest absolute Gasteiger partial charge is 2.00 e. The van der Waals surface area contributed by atoms with Crippen LogP contribution in [0.15, 0.2) is 132 Å². The van der Waals surface area contributed by atoms with Crippen LogP contribution >= 0.6 is 0 Å². The number of rotatable bonds is 7. The first-order valence-electron chi connectivity index (χ1n) is 21.1. The van der Waals surface area contributed by atoms with Gasteiger partial charge in [-0.05, 0) is 107 Å². The number of para-hydroxylation sites is 2. The van der Waals surface area contributed by atoms with Crippen molar-refractivity contribution in [3.8, 4) is 39.7 Å². The van der Waals surface area contributed by atoms with Crippen LogP contribution in [0.3, 0.4) is 0 Å². The number of pyridine rings is 1. The SMILES string of the molecule is Cc1cc2c3c(C)cc(Oc4[c-]c(-c5nc6ccccc6n5-c5c(C(C)C)cc(-c6ccccc6)cc5C(C)C)ccc4)[c-]c3c3nc4cc5ccoc5cc4n3c2cc1C.[Pt+2]. The van der Waals surface area contributed by atoms with E-state index in [1.165, 1.54) is 39.1 Å². The predicted molar refractivity (Wildman–Crippen MR) is 250 cm³/mol. The zero-order valence-corrected chi connectivity index (χ0v) is 38.0. The second-order valence-electron chi connectivity index (χ2n) is 17.1. The first kappa shape index (κ1) is 39.6. The molecule has 7 aromatic carbocycles. The number of furan rings is 1. The van der Waals surface area contributed by atoms with Crippen molar-refractivity contribution in [2.75, 3.05) is 0 Å². The fourth-order valence-corrected chi connectivity index (χ4v) is 9.19. The molecule has 0 radical (unpaired) electrons. The Morgan fingerprint density at radius 2 is 1.35 bits per heavy atom. The third-order valence-electron chi connectivity index (χ3n) is 12.3. The molecular weight excluding hydrogens is 944 g/mol. The van der Waals surface area contributed by atoms with Gasteiger partial charge in [0, 0.05) is 34.2 Å². The Hall–Kier alpha value is -6.49. The molecule has 0 saturated heterocycles. The van der Waals surface area contributed by atoms with Crippen molar-refractivity contribution in [1.29, 1.82) is 0 Å². The minimum atomic E-state index is 0. The molecule has 0 spiro atoms. The number of hydrogen-bond acceptors (Lipinski definition) is 4. The van der Waals surface area contributed by atoms with Crippen molar-refractivity contribution in [3.05, 3.63) is 168 Å². The summed E-state index contributed by atoms with van der Waals surface area (Å²) in [6.45, 7) is 15.6. The number of fused-ring (bicyclic) bond motifs is 10. The van der Waals surface area contributed by atoms with Crippen LogP contribution in [-0.4, -0.2) is 18.9 Å². The van der Waals surface area contributed by atoms with E-state index in [1.807, 2.05) is 18.2 Å². The van der Waals surface area contributed by atoms with E-state index in [-0.39, 0.29) is 32.9 Å². The molecule has 0 saturated carbocycles. The van der Waals surface area contributed by atoms with Gasteiger partial charge in [0.15, 0.2) is 0 Å². The van der Waals surface area contributed by atoms with E-state index in [2.05, 4.69) is 173 Å². The van der Waals surface area contributed by atoms with Crippen LogP contribution in [0.25, 0.3) is 88.6 Å².